The number of amides is 1. The Bertz CT molecular complexity index is 757. The van der Waals surface area contributed by atoms with Crippen molar-refractivity contribution >= 4 is 52.0 Å². The van der Waals surface area contributed by atoms with Gasteiger partial charge in [0.05, 0.1) is 15.9 Å². The molecule has 1 N–H and O–H groups in total. The zero-order valence-electron chi connectivity index (χ0n) is 13.2. The number of likely N-dealkylation sites (tertiary alicyclic amines) is 1. The maximum Gasteiger partial charge on any atom is 0.253 e. The molecule has 3 nitrogen and oxygen atoms in total. The second-order valence-corrected chi connectivity index (χ2v) is 8.53. The molecule has 2 heterocycles. The first-order valence-electron chi connectivity index (χ1n) is 7.88. The van der Waals surface area contributed by atoms with E-state index >= 15 is 0 Å². The second kappa shape index (κ2) is 8.23. The molecule has 1 atom stereocenters. The lowest BCUT2D eigenvalue weighted by Gasteiger charge is -2.29. The number of benzene rings is 1. The Morgan fingerprint density at radius 3 is 2.60 bits per heavy atom. The van der Waals surface area contributed by atoms with Gasteiger partial charge in [0, 0.05) is 17.1 Å². The Morgan fingerprint density at radius 1 is 1.28 bits per heavy atom. The summed E-state index contributed by atoms with van der Waals surface area (Å²) in [7, 11) is 0. The first-order valence-corrected chi connectivity index (χ1v) is 9.83. The molecule has 0 radical (unpaired) electrons. The molecule has 0 saturated carbocycles. The maximum atomic E-state index is 14.4. The summed E-state index contributed by atoms with van der Waals surface area (Å²) in [5.41, 5.74) is 0.747. The van der Waals surface area contributed by atoms with Crippen LogP contribution in [-0.4, -0.2) is 30.4 Å². The standard InChI is InChI=1S/C17H16Cl3FN2OS/c18-11-4-3-5-12(21)15(11)13(23-6-1-2-7-23)9-22-17(24)10-8-14(19)25-16(10)20/h3-5,8,13H,1-2,6-7,9H2,(H,22,24). The van der Waals surface area contributed by atoms with Gasteiger partial charge in [-0.25, -0.2) is 4.39 Å². The fraction of sp³-hybridized carbons (Fsp3) is 0.353. The summed E-state index contributed by atoms with van der Waals surface area (Å²) in [5.74, 6) is -0.694. The van der Waals surface area contributed by atoms with E-state index in [1.165, 1.54) is 12.1 Å². The smallest absolute Gasteiger partial charge is 0.253 e. The molecule has 0 aliphatic carbocycles. The van der Waals surface area contributed by atoms with Crippen LogP contribution in [0.25, 0.3) is 0 Å². The van der Waals surface area contributed by atoms with Crippen molar-refractivity contribution in [2.24, 2.45) is 0 Å². The average molecular weight is 422 g/mol. The third-order valence-electron chi connectivity index (χ3n) is 4.27. The van der Waals surface area contributed by atoms with Crippen LogP contribution in [0.1, 0.15) is 34.8 Å². The number of hydrogen-bond donors (Lipinski definition) is 1. The van der Waals surface area contributed by atoms with Crippen molar-refractivity contribution in [2.45, 2.75) is 18.9 Å². The van der Waals surface area contributed by atoms with Gasteiger partial charge in [0.1, 0.15) is 10.2 Å². The molecule has 1 unspecified atom stereocenters. The highest BCUT2D eigenvalue weighted by atomic mass is 35.5. The number of carbonyl (C=O) groups excluding carboxylic acids is 1. The molecule has 0 bridgehead atoms. The van der Waals surface area contributed by atoms with E-state index in [4.69, 9.17) is 34.8 Å². The van der Waals surface area contributed by atoms with Crippen LogP contribution in [0.3, 0.4) is 0 Å². The summed E-state index contributed by atoms with van der Waals surface area (Å²) in [4.78, 5) is 14.6. The molecule has 1 aliphatic rings. The molecule has 8 heteroatoms. The van der Waals surface area contributed by atoms with Crippen LogP contribution >= 0.6 is 46.1 Å². The molecule has 3 rings (SSSR count). The van der Waals surface area contributed by atoms with Crippen molar-refractivity contribution in [3.05, 3.63) is 54.9 Å². The fourth-order valence-electron chi connectivity index (χ4n) is 3.08. The van der Waals surface area contributed by atoms with Gasteiger partial charge in [-0.05, 0) is 44.1 Å². The van der Waals surface area contributed by atoms with E-state index in [9.17, 15) is 9.18 Å². The van der Waals surface area contributed by atoms with Gasteiger partial charge in [-0.2, -0.15) is 0 Å². The highest BCUT2D eigenvalue weighted by Gasteiger charge is 2.28. The summed E-state index contributed by atoms with van der Waals surface area (Å²) in [5, 5.41) is 3.20. The van der Waals surface area contributed by atoms with Gasteiger partial charge in [0.25, 0.3) is 5.91 Å². The number of hydrogen-bond acceptors (Lipinski definition) is 3. The summed E-state index contributed by atoms with van der Waals surface area (Å²) in [6.45, 7) is 1.93. The van der Waals surface area contributed by atoms with E-state index in [0.717, 1.165) is 37.3 Å². The highest BCUT2D eigenvalue weighted by Crippen LogP contribution is 2.33. The first-order chi connectivity index (χ1) is 12.0. The van der Waals surface area contributed by atoms with Crippen molar-refractivity contribution in [3.63, 3.8) is 0 Å². The topological polar surface area (TPSA) is 32.3 Å². The van der Waals surface area contributed by atoms with Crippen LogP contribution in [0.2, 0.25) is 13.7 Å². The molecule has 1 aliphatic heterocycles. The van der Waals surface area contributed by atoms with E-state index < -0.39 is 0 Å². The summed E-state index contributed by atoms with van der Waals surface area (Å²) in [6.07, 6.45) is 2.09. The number of nitrogens with one attached hydrogen (secondary N) is 1. The van der Waals surface area contributed by atoms with Gasteiger partial charge in [0.15, 0.2) is 0 Å². The molecular formula is C17H16Cl3FN2OS. The van der Waals surface area contributed by atoms with Crippen LogP contribution < -0.4 is 5.32 Å². The summed E-state index contributed by atoms with van der Waals surface area (Å²) in [6, 6.07) is 5.84. The largest absolute Gasteiger partial charge is 0.350 e. The first kappa shape index (κ1) is 18.9. The molecule has 1 aromatic heterocycles. The molecule has 134 valence electrons. The van der Waals surface area contributed by atoms with Crippen LogP contribution in [0.5, 0.6) is 0 Å². The number of nitrogens with zero attached hydrogens (tertiary/aromatic N) is 1. The lowest BCUT2D eigenvalue weighted by molar-refractivity contribution is 0.0937. The highest BCUT2D eigenvalue weighted by molar-refractivity contribution is 7.20. The lowest BCUT2D eigenvalue weighted by atomic mass is 10.0. The molecular weight excluding hydrogens is 406 g/mol. The Kier molecular flexibility index (Phi) is 6.23. The van der Waals surface area contributed by atoms with E-state index in [0.29, 0.717) is 24.8 Å². The van der Waals surface area contributed by atoms with E-state index in [-0.39, 0.29) is 24.3 Å². The van der Waals surface area contributed by atoms with E-state index in [2.05, 4.69) is 10.2 Å². The van der Waals surface area contributed by atoms with Gasteiger partial charge in [0.2, 0.25) is 0 Å². The monoisotopic (exact) mass is 420 g/mol. The minimum Gasteiger partial charge on any atom is -0.350 e. The van der Waals surface area contributed by atoms with Crippen LogP contribution in [0.4, 0.5) is 4.39 Å². The predicted molar refractivity (Wildman–Crippen MR) is 102 cm³/mol. The quantitative estimate of drug-likeness (QED) is 0.699. The number of thiophene rings is 1. The number of carbonyl (C=O) groups is 1. The van der Waals surface area contributed by atoms with Gasteiger partial charge in [-0.3, -0.25) is 9.69 Å². The van der Waals surface area contributed by atoms with Gasteiger partial charge in [-0.15, -0.1) is 11.3 Å². The molecule has 0 spiro atoms. The third-order valence-corrected chi connectivity index (χ3v) is 6.09. The molecule has 25 heavy (non-hydrogen) atoms. The minimum atomic E-state index is -0.366. The Hall–Kier alpha value is -0.850. The van der Waals surface area contributed by atoms with Crippen molar-refractivity contribution in [1.29, 1.82) is 0 Å². The maximum absolute atomic E-state index is 14.4. The summed E-state index contributed by atoms with van der Waals surface area (Å²) < 4.78 is 15.2. The molecule has 1 amide bonds. The van der Waals surface area contributed by atoms with E-state index in [1.54, 1.807) is 12.1 Å². The lowest BCUT2D eigenvalue weighted by Crippen LogP contribution is -2.37. The molecule has 1 fully saturated rings. The Labute approximate surface area is 164 Å². The van der Waals surface area contributed by atoms with Crippen molar-refractivity contribution in [2.75, 3.05) is 19.6 Å². The van der Waals surface area contributed by atoms with Gasteiger partial charge < -0.3 is 5.32 Å². The van der Waals surface area contributed by atoms with Gasteiger partial charge in [-0.1, -0.05) is 40.9 Å². The molecule has 1 saturated heterocycles. The van der Waals surface area contributed by atoms with Crippen molar-refractivity contribution < 1.29 is 9.18 Å². The number of halogens is 4. The van der Waals surface area contributed by atoms with E-state index in [1.807, 2.05) is 0 Å². The van der Waals surface area contributed by atoms with Gasteiger partial charge >= 0.3 is 0 Å². The van der Waals surface area contributed by atoms with Crippen molar-refractivity contribution in [3.8, 4) is 0 Å². The minimum absolute atomic E-state index is 0.239. The van der Waals surface area contributed by atoms with Crippen molar-refractivity contribution in [1.82, 2.24) is 10.2 Å². The predicted octanol–water partition coefficient (Wildman–Crippen LogP) is 5.41. The Balaban J connectivity index is 1.81. The normalized spacial score (nSPS) is 16.2. The van der Waals surface area contributed by atoms with Crippen LogP contribution in [-0.2, 0) is 0 Å². The van der Waals surface area contributed by atoms with Crippen LogP contribution in [0, 0.1) is 5.82 Å². The third kappa shape index (κ3) is 4.29. The molecule has 2 aromatic rings. The van der Waals surface area contributed by atoms with Crippen LogP contribution in [0.15, 0.2) is 24.3 Å². The summed E-state index contributed by atoms with van der Waals surface area (Å²) >= 11 is 19.3. The number of rotatable bonds is 5. The zero-order valence-corrected chi connectivity index (χ0v) is 16.3. The fourth-order valence-corrected chi connectivity index (χ4v) is 4.82. The Morgan fingerprint density at radius 2 is 2.00 bits per heavy atom. The zero-order chi connectivity index (χ0) is 18.0. The average Bonchev–Trinajstić information content (AvgIpc) is 3.19. The second-order valence-electron chi connectivity index (χ2n) is 5.84. The SMILES string of the molecule is O=C(NCC(c1c(F)cccc1Cl)N1CCCC1)c1cc(Cl)sc1Cl. The molecule has 1 aromatic carbocycles.